The predicted molar refractivity (Wildman–Crippen MR) is 75.5 cm³/mol. The number of hydrogen-bond acceptors (Lipinski definition) is 4. The van der Waals surface area contributed by atoms with Crippen molar-refractivity contribution in [2.45, 2.75) is 12.5 Å². The number of nitrogens with one attached hydrogen (secondary N) is 1. The number of rotatable bonds is 5. The largest absolute Gasteiger partial charge is 0.481 e. The highest BCUT2D eigenvalue weighted by atomic mass is 35.5. The Morgan fingerprint density at radius 3 is 2.80 bits per heavy atom. The van der Waals surface area contributed by atoms with Gasteiger partial charge in [-0.05, 0) is 19.2 Å². The number of benzene rings is 1. The van der Waals surface area contributed by atoms with E-state index >= 15 is 0 Å². The summed E-state index contributed by atoms with van der Waals surface area (Å²) >= 11 is 5.77. The molecule has 0 saturated heterocycles. The Balaban J connectivity index is 2.23. The number of ether oxygens (including phenoxy) is 1. The zero-order chi connectivity index (χ0) is 14.5. The molecule has 0 fully saturated rings. The van der Waals surface area contributed by atoms with Crippen LogP contribution in [-0.4, -0.2) is 24.1 Å². The molecule has 0 aliphatic carbocycles. The number of halogens is 2. The van der Waals surface area contributed by atoms with Gasteiger partial charge in [0.15, 0.2) is 0 Å². The minimum Gasteiger partial charge on any atom is -0.481 e. The molecule has 6 heteroatoms. The summed E-state index contributed by atoms with van der Waals surface area (Å²) in [5.74, 6) is 0.152. The standard InChI is InChI=1S/C14H15ClFN3O/c1-17-13(11-4-3-9(15)5-12(11)16)6-10-7-14(20-2)19-8-18-10/h3-5,7-8,13,17H,6H2,1-2H3. The van der Waals surface area contributed by atoms with Gasteiger partial charge in [-0.25, -0.2) is 14.4 Å². The van der Waals surface area contributed by atoms with E-state index in [2.05, 4.69) is 15.3 Å². The molecule has 0 saturated carbocycles. The van der Waals surface area contributed by atoms with Crippen LogP contribution < -0.4 is 10.1 Å². The Morgan fingerprint density at radius 1 is 1.35 bits per heavy atom. The van der Waals surface area contributed by atoms with Crippen LogP contribution in [0.2, 0.25) is 5.02 Å². The average Bonchev–Trinajstić information content (AvgIpc) is 2.45. The third kappa shape index (κ3) is 3.43. The Kier molecular flexibility index (Phi) is 4.87. The van der Waals surface area contributed by atoms with Crippen molar-refractivity contribution in [3.63, 3.8) is 0 Å². The van der Waals surface area contributed by atoms with Gasteiger partial charge in [0.25, 0.3) is 0 Å². The molecule has 1 N–H and O–H groups in total. The van der Waals surface area contributed by atoms with Crippen molar-refractivity contribution in [2.75, 3.05) is 14.2 Å². The summed E-state index contributed by atoms with van der Waals surface area (Å²) in [6.07, 6.45) is 1.95. The molecule has 1 heterocycles. The van der Waals surface area contributed by atoms with Crippen LogP contribution in [0, 0.1) is 5.82 Å². The second-order valence-corrected chi connectivity index (χ2v) is 4.70. The minimum absolute atomic E-state index is 0.202. The van der Waals surface area contributed by atoms with Crippen molar-refractivity contribution < 1.29 is 9.13 Å². The fourth-order valence-electron chi connectivity index (χ4n) is 1.96. The van der Waals surface area contributed by atoms with E-state index in [-0.39, 0.29) is 11.9 Å². The molecule has 0 aliphatic rings. The molecule has 4 nitrogen and oxygen atoms in total. The lowest BCUT2D eigenvalue weighted by atomic mass is 10.0. The molecule has 0 spiro atoms. The van der Waals surface area contributed by atoms with Gasteiger partial charge in [-0.3, -0.25) is 0 Å². The molecule has 1 aromatic carbocycles. The van der Waals surface area contributed by atoms with Gasteiger partial charge in [0.05, 0.1) is 7.11 Å². The monoisotopic (exact) mass is 295 g/mol. The highest BCUT2D eigenvalue weighted by Gasteiger charge is 2.16. The van der Waals surface area contributed by atoms with Crippen molar-refractivity contribution in [2.24, 2.45) is 0 Å². The fourth-order valence-corrected chi connectivity index (χ4v) is 2.12. The smallest absolute Gasteiger partial charge is 0.216 e. The lowest BCUT2D eigenvalue weighted by molar-refractivity contribution is 0.395. The van der Waals surface area contributed by atoms with Crippen LogP contribution in [-0.2, 0) is 6.42 Å². The summed E-state index contributed by atoms with van der Waals surface area (Å²) in [6.45, 7) is 0. The summed E-state index contributed by atoms with van der Waals surface area (Å²) < 4.78 is 19.0. The van der Waals surface area contributed by atoms with Crippen LogP contribution in [0.1, 0.15) is 17.3 Å². The van der Waals surface area contributed by atoms with Crippen LogP contribution >= 0.6 is 11.6 Å². The van der Waals surface area contributed by atoms with Crippen molar-refractivity contribution in [1.82, 2.24) is 15.3 Å². The maximum atomic E-state index is 14.0. The van der Waals surface area contributed by atoms with Crippen LogP contribution in [0.4, 0.5) is 4.39 Å². The zero-order valence-electron chi connectivity index (χ0n) is 11.2. The second-order valence-electron chi connectivity index (χ2n) is 4.26. The Morgan fingerprint density at radius 2 is 2.15 bits per heavy atom. The van der Waals surface area contributed by atoms with E-state index in [0.717, 1.165) is 5.69 Å². The second kappa shape index (κ2) is 6.63. The maximum absolute atomic E-state index is 14.0. The van der Waals surface area contributed by atoms with E-state index < -0.39 is 0 Å². The normalized spacial score (nSPS) is 12.2. The number of nitrogens with zero attached hydrogens (tertiary/aromatic N) is 2. The van der Waals surface area contributed by atoms with Gasteiger partial charge < -0.3 is 10.1 Å². The molecule has 1 aromatic heterocycles. The quantitative estimate of drug-likeness (QED) is 0.921. The third-order valence-electron chi connectivity index (χ3n) is 3.01. The lowest BCUT2D eigenvalue weighted by Gasteiger charge is -2.17. The van der Waals surface area contributed by atoms with Gasteiger partial charge in [-0.1, -0.05) is 17.7 Å². The van der Waals surface area contributed by atoms with Gasteiger partial charge in [0, 0.05) is 34.8 Å². The molecule has 2 aromatic rings. The molecule has 0 radical (unpaired) electrons. The highest BCUT2D eigenvalue weighted by Crippen LogP contribution is 2.23. The first-order valence-electron chi connectivity index (χ1n) is 6.11. The van der Waals surface area contributed by atoms with Gasteiger partial charge in [-0.15, -0.1) is 0 Å². The van der Waals surface area contributed by atoms with Gasteiger partial charge in [0.1, 0.15) is 12.1 Å². The molecule has 2 rings (SSSR count). The van der Waals surface area contributed by atoms with E-state index in [9.17, 15) is 4.39 Å². The van der Waals surface area contributed by atoms with E-state index in [0.29, 0.717) is 22.9 Å². The van der Waals surface area contributed by atoms with E-state index in [1.807, 2.05) is 0 Å². The first-order chi connectivity index (χ1) is 9.63. The summed E-state index contributed by atoms with van der Waals surface area (Å²) in [4.78, 5) is 8.12. The van der Waals surface area contributed by atoms with Crippen LogP contribution in [0.3, 0.4) is 0 Å². The first kappa shape index (κ1) is 14.7. The molecule has 0 aliphatic heterocycles. The molecular weight excluding hydrogens is 281 g/mol. The first-order valence-corrected chi connectivity index (χ1v) is 6.49. The van der Waals surface area contributed by atoms with Gasteiger partial charge in [-0.2, -0.15) is 0 Å². The molecule has 20 heavy (non-hydrogen) atoms. The lowest BCUT2D eigenvalue weighted by Crippen LogP contribution is -2.20. The van der Waals surface area contributed by atoms with Crippen LogP contribution in [0.25, 0.3) is 0 Å². The van der Waals surface area contributed by atoms with Crippen LogP contribution in [0.15, 0.2) is 30.6 Å². The van der Waals surface area contributed by atoms with Gasteiger partial charge in [0.2, 0.25) is 5.88 Å². The van der Waals surface area contributed by atoms with Crippen molar-refractivity contribution in [3.05, 3.63) is 52.7 Å². The average molecular weight is 296 g/mol. The Bertz CT molecular complexity index is 594. The number of methoxy groups -OCH3 is 1. The summed E-state index contributed by atoms with van der Waals surface area (Å²) in [5.41, 5.74) is 1.32. The highest BCUT2D eigenvalue weighted by molar-refractivity contribution is 6.30. The zero-order valence-corrected chi connectivity index (χ0v) is 12.0. The molecule has 1 unspecified atom stereocenters. The summed E-state index contributed by atoms with van der Waals surface area (Å²) in [7, 11) is 3.32. The number of likely N-dealkylation sites (N-methyl/N-ethyl adjacent to an activating group) is 1. The maximum Gasteiger partial charge on any atom is 0.216 e. The molecular formula is C14H15ClFN3O. The third-order valence-corrected chi connectivity index (χ3v) is 3.24. The van der Waals surface area contributed by atoms with Crippen molar-refractivity contribution in [3.8, 4) is 5.88 Å². The topological polar surface area (TPSA) is 47.0 Å². The van der Waals surface area contributed by atoms with Gasteiger partial charge >= 0.3 is 0 Å². The molecule has 0 amide bonds. The Labute approximate surface area is 122 Å². The van der Waals surface area contributed by atoms with E-state index in [1.54, 1.807) is 32.4 Å². The number of aromatic nitrogens is 2. The molecule has 0 bridgehead atoms. The minimum atomic E-state index is -0.335. The molecule has 1 atom stereocenters. The SMILES string of the molecule is CNC(Cc1cc(OC)ncn1)c1ccc(Cl)cc1F. The van der Waals surface area contributed by atoms with E-state index in [4.69, 9.17) is 16.3 Å². The molecule has 106 valence electrons. The van der Waals surface area contributed by atoms with Crippen molar-refractivity contribution >= 4 is 11.6 Å². The Hall–Kier alpha value is -1.72. The summed E-state index contributed by atoms with van der Waals surface area (Å²) in [6, 6.07) is 6.19. The van der Waals surface area contributed by atoms with Crippen molar-refractivity contribution in [1.29, 1.82) is 0 Å². The van der Waals surface area contributed by atoms with E-state index in [1.165, 1.54) is 12.4 Å². The predicted octanol–water partition coefficient (Wildman–Crippen LogP) is 2.78. The number of hydrogen-bond donors (Lipinski definition) is 1. The van der Waals surface area contributed by atoms with Crippen LogP contribution in [0.5, 0.6) is 5.88 Å². The summed E-state index contributed by atoms with van der Waals surface area (Å²) in [5, 5.41) is 3.46. The fraction of sp³-hybridized carbons (Fsp3) is 0.286.